The number of carbonyl (C=O) groups is 3. The van der Waals surface area contributed by atoms with Crippen LogP contribution < -0.4 is 0 Å². The average Bonchev–Trinajstić information content (AvgIpc) is 3.08. The Morgan fingerprint density at radius 1 is 1.30 bits per heavy atom. The zero-order valence-corrected chi connectivity index (χ0v) is 12.4. The Morgan fingerprint density at radius 3 is 2.60 bits per heavy atom. The van der Waals surface area contributed by atoms with Crippen LogP contribution in [-0.4, -0.2) is 29.0 Å². The molecular formula is C14H14ClNO3S. The van der Waals surface area contributed by atoms with Crippen molar-refractivity contribution in [3.63, 3.8) is 0 Å². The molecule has 2 amide bonds. The molecule has 1 aromatic heterocycles. The van der Waals surface area contributed by atoms with E-state index in [9.17, 15) is 14.4 Å². The lowest BCUT2D eigenvalue weighted by Gasteiger charge is -2.20. The Hall–Kier alpha value is -1.20. The highest BCUT2D eigenvalue weighted by Crippen LogP contribution is 2.46. The maximum Gasteiger partial charge on any atom is 0.236 e. The molecule has 0 N–H and O–H groups in total. The molecular weight excluding hydrogens is 298 g/mol. The molecule has 2 heterocycles. The molecule has 1 aliphatic carbocycles. The van der Waals surface area contributed by atoms with Crippen LogP contribution in [0.15, 0.2) is 12.1 Å². The van der Waals surface area contributed by atoms with Gasteiger partial charge < -0.3 is 0 Å². The summed E-state index contributed by atoms with van der Waals surface area (Å²) < 4.78 is 0.527. The molecule has 2 fully saturated rings. The molecule has 1 spiro atoms. The number of Topliss-reactive ketones (excluding diaryl/α,β-unsaturated/α-hetero) is 1. The van der Waals surface area contributed by atoms with E-state index in [1.54, 1.807) is 12.1 Å². The SMILES string of the molecule is O=C(CN1C(=O)CC2(CCCC2)C1=O)c1ccc(Cl)s1. The van der Waals surface area contributed by atoms with Crippen molar-refractivity contribution in [3.8, 4) is 0 Å². The van der Waals surface area contributed by atoms with Gasteiger partial charge >= 0.3 is 0 Å². The Morgan fingerprint density at radius 2 is 2.00 bits per heavy atom. The Bertz CT molecular complexity index is 589. The van der Waals surface area contributed by atoms with Crippen molar-refractivity contribution in [1.29, 1.82) is 0 Å². The van der Waals surface area contributed by atoms with Crippen molar-refractivity contribution in [2.24, 2.45) is 5.41 Å². The van der Waals surface area contributed by atoms with Crippen LogP contribution in [0, 0.1) is 5.41 Å². The third-order valence-corrected chi connectivity index (χ3v) is 5.47. The summed E-state index contributed by atoms with van der Waals surface area (Å²) in [6.07, 6.45) is 3.78. The fourth-order valence-electron chi connectivity index (χ4n) is 3.15. The van der Waals surface area contributed by atoms with Gasteiger partial charge in [-0.25, -0.2) is 0 Å². The fraction of sp³-hybridized carbons (Fsp3) is 0.500. The van der Waals surface area contributed by atoms with Gasteiger partial charge in [0, 0.05) is 6.42 Å². The summed E-state index contributed by atoms with van der Waals surface area (Å²) in [7, 11) is 0. The third kappa shape index (κ3) is 2.19. The van der Waals surface area contributed by atoms with Gasteiger partial charge in [-0.2, -0.15) is 0 Å². The number of ketones is 1. The van der Waals surface area contributed by atoms with Crippen LogP contribution >= 0.6 is 22.9 Å². The molecule has 3 rings (SSSR count). The summed E-state index contributed by atoms with van der Waals surface area (Å²) in [4.78, 5) is 38.2. The van der Waals surface area contributed by atoms with E-state index < -0.39 is 5.41 Å². The topological polar surface area (TPSA) is 54.5 Å². The predicted molar refractivity (Wildman–Crippen MR) is 75.9 cm³/mol. The van der Waals surface area contributed by atoms with Crippen LogP contribution in [0.5, 0.6) is 0 Å². The van der Waals surface area contributed by atoms with Gasteiger partial charge in [0.25, 0.3) is 0 Å². The number of hydrogen-bond donors (Lipinski definition) is 0. The van der Waals surface area contributed by atoms with Gasteiger partial charge in [-0.05, 0) is 25.0 Å². The zero-order chi connectivity index (χ0) is 14.3. The summed E-state index contributed by atoms with van der Waals surface area (Å²) >= 11 is 6.97. The number of amides is 2. The number of thiophene rings is 1. The number of hydrogen-bond acceptors (Lipinski definition) is 4. The number of rotatable bonds is 3. The maximum atomic E-state index is 12.4. The molecule has 1 aliphatic heterocycles. The predicted octanol–water partition coefficient (Wildman–Crippen LogP) is 2.90. The fourth-order valence-corrected chi connectivity index (χ4v) is 4.12. The first kappa shape index (κ1) is 13.8. The minimum Gasteiger partial charge on any atom is -0.291 e. The first-order valence-electron chi connectivity index (χ1n) is 6.65. The van der Waals surface area contributed by atoms with Crippen LogP contribution in [-0.2, 0) is 9.59 Å². The van der Waals surface area contributed by atoms with E-state index in [-0.39, 0.29) is 30.6 Å². The molecule has 1 saturated heterocycles. The van der Waals surface area contributed by atoms with Crippen molar-refractivity contribution in [2.45, 2.75) is 32.1 Å². The molecule has 0 atom stereocenters. The second-order valence-electron chi connectivity index (χ2n) is 5.48. The number of halogens is 1. The molecule has 20 heavy (non-hydrogen) atoms. The molecule has 2 aliphatic rings. The quantitative estimate of drug-likeness (QED) is 0.637. The summed E-state index contributed by atoms with van der Waals surface area (Å²) in [5.74, 6) is -0.595. The van der Waals surface area contributed by atoms with Gasteiger partial charge in [0.1, 0.15) is 0 Å². The largest absolute Gasteiger partial charge is 0.291 e. The van der Waals surface area contributed by atoms with Gasteiger partial charge in [0.2, 0.25) is 11.8 Å². The number of carbonyl (C=O) groups excluding carboxylic acids is 3. The van der Waals surface area contributed by atoms with E-state index in [0.29, 0.717) is 9.21 Å². The van der Waals surface area contributed by atoms with E-state index in [1.165, 1.54) is 11.3 Å². The van der Waals surface area contributed by atoms with E-state index in [0.717, 1.165) is 30.6 Å². The van der Waals surface area contributed by atoms with E-state index in [2.05, 4.69) is 0 Å². The number of likely N-dealkylation sites (tertiary alicyclic amines) is 1. The molecule has 4 nitrogen and oxygen atoms in total. The highest BCUT2D eigenvalue weighted by atomic mass is 35.5. The first-order valence-corrected chi connectivity index (χ1v) is 7.85. The lowest BCUT2D eigenvalue weighted by Crippen LogP contribution is -2.37. The highest BCUT2D eigenvalue weighted by molar-refractivity contribution is 7.18. The molecule has 0 aromatic carbocycles. The molecule has 0 unspecified atom stereocenters. The lowest BCUT2D eigenvalue weighted by atomic mass is 9.84. The Kier molecular flexibility index (Phi) is 3.42. The molecule has 1 aromatic rings. The Labute approximate surface area is 125 Å². The number of imide groups is 1. The standard InChI is InChI=1S/C14H14ClNO3S/c15-11-4-3-10(20-11)9(17)8-16-12(18)7-14(13(16)19)5-1-2-6-14/h3-4H,1-2,5-8H2. The van der Waals surface area contributed by atoms with Gasteiger partial charge in [-0.1, -0.05) is 24.4 Å². The van der Waals surface area contributed by atoms with Crippen molar-refractivity contribution < 1.29 is 14.4 Å². The monoisotopic (exact) mass is 311 g/mol. The van der Waals surface area contributed by atoms with E-state index in [1.807, 2.05) is 0 Å². The summed E-state index contributed by atoms with van der Waals surface area (Å²) in [5, 5.41) is 0. The van der Waals surface area contributed by atoms with Gasteiger partial charge in [-0.15, -0.1) is 11.3 Å². The second-order valence-corrected chi connectivity index (χ2v) is 7.19. The average molecular weight is 312 g/mol. The van der Waals surface area contributed by atoms with Crippen LogP contribution in [0.25, 0.3) is 0 Å². The Balaban J connectivity index is 1.76. The maximum absolute atomic E-state index is 12.4. The molecule has 1 saturated carbocycles. The minimum absolute atomic E-state index is 0.156. The van der Waals surface area contributed by atoms with Crippen LogP contribution in [0.3, 0.4) is 0 Å². The van der Waals surface area contributed by atoms with Gasteiger partial charge in [0.15, 0.2) is 5.78 Å². The second kappa shape index (κ2) is 4.97. The van der Waals surface area contributed by atoms with Crippen molar-refractivity contribution in [3.05, 3.63) is 21.3 Å². The summed E-state index contributed by atoms with van der Waals surface area (Å²) in [6.45, 7) is -0.156. The normalized spacial score (nSPS) is 21.1. The molecule has 0 bridgehead atoms. The van der Waals surface area contributed by atoms with Gasteiger partial charge in [0.05, 0.1) is 21.2 Å². The molecule has 106 valence electrons. The van der Waals surface area contributed by atoms with Crippen molar-refractivity contribution >= 4 is 40.5 Å². The van der Waals surface area contributed by atoms with E-state index in [4.69, 9.17) is 11.6 Å². The first-order chi connectivity index (χ1) is 9.52. The van der Waals surface area contributed by atoms with Crippen LogP contribution in [0.2, 0.25) is 4.34 Å². The van der Waals surface area contributed by atoms with E-state index >= 15 is 0 Å². The van der Waals surface area contributed by atoms with Crippen molar-refractivity contribution in [1.82, 2.24) is 4.90 Å². The van der Waals surface area contributed by atoms with Crippen molar-refractivity contribution in [2.75, 3.05) is 6.54 Å². The summed E-state index contributed by atoms with van der Waals surface area (Å²) in [6, 6.07) is 3.28. The highest BCUT2D eigenvalue weighted by Gasteiger charge is 2.52. The number of nitrogens with zero attached hydrogens (tertiary/aromatic N) is 1. The zero-order valence-electron chi connectivity index (χ0n) is 10.9. The molecule has 6 heteroatoms. The third-order valence-electron chi connectivity index (χ3n) is 4.20. The smallest absolute Gasteiger partial charge is 0.236 e. The minimum atomic E-state index is -0.509. The molecule has 0 radical (unpaired) electrons. The van der Waals surface area contributed by atoms with Crippen LogP contribution in [0.1, 0.15) is 41.8 Å². The lowest BCUT2D eigenvalue weighted by molar-refractivity contribution is -0.140. The summed E-state index contributed by atoms with van der Waals surface area (Å²) in [5.41, 5.74) is -0.509. The van der Waals surface area contributed by atoms with Gasteiger partial charge in [-0.3, -0.25) is 19.3 Å². The van der Waals surface area contributed by atoms with Crippen LogP contribution in [0.4, 0.5) is 0 Å².